The Balaban J connectivity index is 2.48. The second kappa shape index (κ2) is 4.56. The number of amides is 1. The summed E-state index contributed by atoms with van der Waals surface area (Å²) in [6.07, 6.45) is 5.77. The van der Waals surface area contributed by atoms with Crippen LogP contribution in [0.1, 0.15) is 40.0 Å². The van der Waals surface area contributed by atoms with Crippen LogP contribution in [0.5, 0.6) is 0 Å². The fraction of sp³-hybridized carbons (Fsp3) is 0.909. The van der Waals surface area contributed by atoms with Crippen LogP contribution in [0.25, 0.3) is 0 Å². The zero-order chi connectivity index (χ0) is 10.8. The summed E-state index contributed by atoms with van der Waals surface area (Å²) in [4.78, 5) is 11.8. The molecule has 1 N–H and O–H groups in total. The number of nitrogens with one attached hydrogen (secondary N) is 1. The first-order chi connectivity index (χ1) is 6.45. The summed E-state index contributed by atoms with van der Waals surface area (Å²) in [5, 5.41) is 3.79. The van der Waals surface area contributed by atoms with Crippen molar-refractivity contribution in [1.82, 2.24) is 5.32 Å². The number of hydrogen-bond donors (Lipinski definition) is 1. The lowest BCUT2D eigenvalue weighted by Gasteiger charge is -2.24. The molecule has 2 nitrogen and oxygen atoms in total. The van der Waals surface area contributed by atoms with Gasteiger partial charge in [-0.15, -0.1) is 0 Å². The Kier molecular flexibility index (Phi) is 3.87. The molecule has 1 rings (SSSR count). The zero-order valence-electron chi connectivity index (χ0n) is 9.59. The van der Waals surface area contributed by atoms with Gasteiger partial charge in [0.25, 0.3) is 0 Å². The molecular formula is C11H21NOS. The fourth-order valence-corrected chi connectivity index (χ4v) is 2.69. The second-order valence-corrected chi connectivity index (χ2v) is 6.11. The molecule has 0 saturated heterocycles. The minimum absolute atomic E-state index is 0.184. The number of hydrogen-bond acceptors (Lipinski definition) is 2. The van der Waals surface area contributed by atoms with Crippen LogP contribution in [0, 0.1) is 5.41 Å². The van der Waals surface area contributed by atoms with Crippen LogP contribution in [0.3, 0.4) is 0 Å². The van der Waals surface area contributed by atoms with E-state index in [-0.39, 0.29) is 11.3 Å². The fourth-order valence-electron chi connectivity index (χ4n) is 1.76. The molecule has 0 bridgehead atoms. The average Bonchev–Trinajstić information content (AvgIpc) is 2.50. The summed E-state index contributed by atoms with van der Waals surface area (Å²) < 4.78 is 0. The van der Waals surface area contributed by atoms with E-state index in [1.807, 2.05) is 32.5 Å². The molecule has 1 aliphatic carbocycles. The van der Waals surface area contributed by atoms with E-state index in [1.54, 1.807) is 0 Å². The Hall–Kier alpha value is -0.180. The first kappa shape index (κ1) is 11.9. The van der Waals surface area contributed by atoms with Gasteiger partial charge in [0.05, 0.1) is 0 Å². The summed E-state index contributed by atoms with van der Waals surface area (Å²) in [6.45, 7) is 5.89. The summed E-state index contributed by atoms with van der Waals surface area (Å²) >= 11 is 1.88. The van der Waals surface area contributed by atoms with Crippen LogP contribution in [-0.2, 0) is 4.79 Å². The van der Waals surface area contributed by atoms with E-state index in [1.165, 1.54) is 12.8 Å². The van der Waals surface area contributed by atoms with Crippen LogP contribution >= 0.6 is 11.8 Å². The van der Waals surface area contributed by atoms with Gasteiger partial charge in [0.2, 0.25) is 5.91 Å². The van der Waals surface area contributed by atoms with Crippen molar-refractivity contribution >= 4 is 17.7 Å². The van der Waals surface area contributed by atoms with E-state index in [2.05, 4.69) is 11.6 Å². The Bertz CT molecular complexity index is 210. The van der Waals surface area contributed by atoms with Crippen LogP contribution in [0.4, 0.5) is 0 Å². The molecule has 1 fully saturated rings. The van der Waals surface area contributed by atoms with Gasteiger partial charge in [0.15, 0.2) is 0 Å². The van der Waals surface area contributed by atoms with Crippen molar-refractivity contribution < 1.29 is 4.79 Å². The smallest absolute Gasteiger partial charge is 0.225 e. The summed E-state index contributed by atoms with van der Waals surface area (Å²) in [7, 11) is 0. The van der Waals surface area contributed by atoms with Crippen molar-refractivity contribution in [2.75, 3.05) is 6.26 Å². The molecule has 0 radical (unpaired) electrons. The quantitative estimate of drug-likeness (QED) is 0.766. The maximum absolute atomic E-state index is 11.8. The van der Waals surface area contributed by atoms with Crippen molar-refractivity contribution in [3.8, 4) is 0 Å². The molecule has 0 aromatic heterocycles. The number of thioether (sulfide) groups is 1. The van der Waals surface area contributed by atoms with Gasteiger partial charge in [0, 0.05) is 16.7 Å². The lowest BCUT2D eigenvalue weighted by atomic mass is 9.95. The molecular weight excluding hydrogens is 194 g/mol. The molecule has 1 saturated carbocycles. The molecule has 0 spiro atoms. The van der Waals surface area contributed by atoms with E-state index in [4.69, 9.17) is 0 Å². The maximum Gasteiger partial charge on any atom is 0.225 e. The molecule has 3 heteroatoms. The molecule has 14 heavy (non-hydrogen) atoms. The molecule has 0 heterocycles. The molecule has 82 valence electrons. The lowest BCUT2D eigenvalue weighted by Crippen LogP contribution is -2.44. The van der Waals surface area contributed by atoms with Gasteiger partial charge in [-0.05, 0) is 19.1 Å². The third-order valence-corrected chi connectivity index (χ3v) is 3.92. The first-order valence-electron chi connectivity index (χ1n) is 5.29. The third-order valence-electron chi connectivity index (χ3n) is 2.75. The largest absolute Gasteiger partial charge is 0.352 e. The molecule has 2 atom stereocenters. The second-order valence-electron chi connectivity index (χ2n) is 5.04. The normalized spacial score (nSPS) is 27.7. The van der Waals surface area contributed by atoms with Crippen molar-refractivity contribution in [2.45, 2.75) is 51.3 Å². The summed E-state index contributed by atoms with van der Waals surface area (Å²) in [5.74, 6) is 0.184. The van der Waals surface area contributed by atoms with Gasteiger partial charge in [-0.2, -0.15) is 11.8 Å². The Morgan fingerprint density at radius 2 is 2.00 bits per heavy atom. The van der Waals surface area contributed by atoms with E-state index < -0.39 is 0 Å². The van der Waals surface area contributed by atoms with Gasteiger partial charge >= 0.3 is 0 Å². The average molecular weight is 215 g/mol. The van der Waals surface area contributed by atoms with Gasteiger partial charge in [-0.1, -0.05) is 27.2 Å². The lowest BCUT2D eigenvalue weighted by molar-refractivity contribution is -0.129. The number of carbonyl (C=O) groups excluding carboxylic acids is 1. The maximum atomic E-state index is 11.8. The summed E-state index contributed by atoms with van der Waals surface area (Å²) in [6, 6.07) is 0.400. The SMILES string of the molecule is CSC1CCCC1NC(=O)C(C)(C)C. The third kappa shape index (κ3) is 2.91. The Labute approximate surface area is 91.2 Å². The van der Waals surface area contributed by atoms with Crippen LogP contribution < -0.4 is 5.32 Å². The monoisotopic (exact) mass is 215 g/mol. The minimum atomic E-state index is -0.258. The number of rotatable bonds is 2. The molecule has 0 aromatic carbocycles. The van der Waals surface area contributed by atoms with Crippen molar-refractivity contribution in [1.29, 1.82) is 0 Å². The Morgan fingerprint density at radius 1 is 1.36 bits per heavy atom. The minimum Gasteiger partial charge on any atom is -0.352 e. The molecule has 2 unspecified atom stereocenters. The predicted octanol–water partition coefficient (Wildman–Crippen LogP) is 2.43. The van der Waals surface area contributed by atoms with E-state index in [0.717, 1.165) is 6.42 Å². The van der Waals surface area contributed by atoms with Crippen LogP contribution in [0.2, 0.25) is 0 Å². The topological polar surface area (TPSA) is 29.1 Å². The zero-order valence-corrected chi connectivity index (χ0v) is 10.4. The van der Waals surface area contributed by atoms with E-state index >= 15 is 0 Å². The summed E-state index contributed by atoms with van der Waals surface area (Å²) in [5.41, 5.74) is -0.258. The molecule has 0 aliphatic heterocycles. The standard InChI is InChI=1S/C11H21NOS/c1-11(2,3)10(13)12-8-6-5-7-9(8)14-4/h8-9H,5-7H2,1-4H3,(H,12,13). The van der Waals surface area contributed by atoms with Crippen LogP contribution in [0.15, 0.2) is 0 Å². The highest BCUT2D eigenvalue weighted by molar-refractivity contribution is 7.99. The van der Waals surface area contributed by atoms with Crippen molar-refractivity contribution in [2.24, 2.45) is 5.41 Å². The number of carbonyl (C=O) groups is 1. The van der Waals surface area contributed by atoms with Gasteiger partial charge in [-0.25, -0.2) is 0 Å². The van der Waals surface area contributed by atoms with Gasteiger partial charge in [0.1, 0.15) is 0 Å². The Morgan fingerprint density at radius 3 is 2.50 bits per heavy atom. The van der Waals surface area contributed by atoms with E-state index in [0.29, 0.717) is 11.3 Å². The molecule has 1 amide bonds. The molecule has 1 aliphatic rings. The van der Waals surface area contributed by atoms with E-state index in [9.17, 15) is 4.79 Å². The van der Waals surface area contributed by atoms with Gasteiger partial charge < -0.3 is 5.32 Å². The van der Waals surface area contributed by atoms with Gasteiger partial charge in [-0.3, -0.25) is 4.79 Å². The molecule has 0 aromatic rings. The van der Waals surface area contributed by atoms with Crippen molar-refractivity contribution in [3.63, 3.8) is 0 Å². The predicted molar refractivity (Wildman–Crippen MR) is 62.5 cm³/mol. The van der Waals surface area contributed by atoms with Crippen molar-refractivity contribution in [3.05, 3.63) is 0 Å². The van der Waals surface area contributed by atoms with Crippen LogP contribution in [-0.4, -0.2) is 23.5 Å². The highest BCUT2D eigenvalue weighted by Gasteiger charge is 2.31. The first-order valence-corrected chi connectivity index (χ1v) is 6.57. The highest BCUT2D eigenvalue weighted by atomic mass is 32.2. The highest BCUT2D eigenvalue weighted by Crippen LogP contribution is 2.29.